The zero-order valence-corrected chi connectivity index (χ0v) is 16.6. The standard InChI is InChI=1S/C23H25N5O/c1-17-21(15-24-28(17)19-9-3-2-4-10-19)25-23(29)26-12-7-13-27-20(16-26)14-18-8-5-6-11-22(18)27/h2-6,8-11,15,20H,7,12-14,16H2,1H3,(H,25,29). The van der Waals surface area contributed by atoms with Gasteiger partial charge in [0.25, 0.3) is 0 Å². The number of para-hydroxylation sites is 2. The number of benzene rings is 2. The minimum Gasteiger partial charge on any atom is -0.366 e. The van der Waals surface area contributed by atoms with Gasteiger partial charge in [-0.1, -0.05) is 36.4 Å². The Balaban J connectivity index is 1.30. The summed E-state index contributed by atoms with van der Waals surface area (Å²) >= 11 is 0. The van der Waals surface area contributed by atoms with Crippen LogP contribution in [-0.4, -0.2) is 46.4 Å². The van der Waals surface area contributed by atoms with Crippen LogP contribution in [0.15, 0.2) is 60.8 Å². The largest absolute Gasteiger partial charge is 0.366 e. The second kappa shape index (κ2) is 7.28. The van der Waals surface area contributed by atoms with Crippen molar-refractivity contribution in [3.63, 3.8) is 0 Å². The number of hydrogen-bond acceptors (Lipinski definition) is 3. The number of nitrogens with one attached hydrogen (secondary N) is 1. The molecule has 1 N–H and O–H groups in total. The highest BCUT2D eigenvalue weighted by Crippen LogP contribution is 2.33. The van der Waals surface area contributed by atoms with E-state index < -0.39 is 0 Å². The van der Waals surface area contributed by atoms with E-state index in [4.69, 9.17) is 0 Å². The number of hydrogen-bond donors (Lipinski definition) is 1. The maximum absolute atomic E-state index is 13.0. The first-order chi connectivity index (χ1) is 14.2. The summed E-state index contributed by atoms with van der Waals surface area (Å²) in [7, 11) is 0. The Morgan fingerprint density at radius 2 is 1.86 bits per heavy atom. The van der Waals surface area contributed by atoms with Crippen LogP contribution in [0, 0.1) is 6.92 Å². The molecule has 1 fully saturated rings. The van der Waals surface area contributed by atoms with Crippen molar-refractivity contribution < 1.29 is 4.79 Å². The smallest absolute Gasteiger partial charge is 0.322 e. The number of nitrogens with zero attached hydrogens (tertiary/aromatic N) is 4. The van der Waals surface area contributed by atoms with Gasteiger partial charge < -0.3 is 15.1 Å². The molecule has 2 amide bonds. The highest BCUT2D eigenvalue weighted by molar-refractivity contribution is 5.90. The Labute approximate surface area is 170 Å². The number of amides is 2. The van der Waals surface area contributed by atoms with Gasteiger partial charge in [0.05, 0.1) is 29.3 Å². The molecule has 29 heavy (non-hydrogen) atoms. The van der Waals surface area contributed by atoms with Crippen LogP contribution in [0.2, 0.25) is 0 Å². The van der Waals surface area contributed by atoms with Gasteiger partial charge in [-0.3, -0.25) is 0 Å². The molecule has 1 aromatic heterocycles. The molecular weight excluding hydrogens is 362 g/mol. The molecule has 1 saturated heterocycles. The van der Waals surface area contributed by atoms with Crippen LogP contribution >= 0.6 is 0 Å². The summed E-state index contributed by atoms with van der Waals surface area (Å²) in [5, 5.41) is 7.54. The van der Waals surface area contributed by atoms with Gasteiger partial charge in [0, 0.05) is 25.3 Å². The lowest BCUT2D eigenvalue weighted by molar-refractivity contribution is 0.211. The third kappa shape index (κ3) is 3.24. The first-order valence-corrected chi connectivity index (χ1v) is 10.2. The Hall–Kier alpha value is -3.28. The molecule has 0 aliphatic carbocycles. The summed E-state index contributed by atoms with van der Waals surface area (Å²) in [4.78, 5) is 17.5. The lowest BCUT2D eigenvalue weighted by Gasteiger charge is -2.27. The van der Waals surface area contributed by atoms with Crippen LogP contribution in [0.4, 0.5) is 16.2 Å². The molecule has 148 valence electrons. The lowest BCUT2D eigenvalue weighted by Crippen LogP contribution is -2.43. The first kappa shape index (κ1) is 17.8. The van der Waals surface area contributed by atoms with Crippen molar-refractivity contribution in [2.75, 3.05) is 29.9 Å². The molecule has 2 aliphatic rings. The van der Waals surface area contributed by atoms with E-state index in [-0.39, 0.29) is 6.03 Å². The monoisotopic (exact) mass is 387 g/mol. The van der Waals surface area contributed by atoms with Gasteiger partial charge in [-0.25, -0.2) is 9.48 Å². The van der Waals surface area contributed by atoms with Gasteiger partial charge in [-0.2, -0.15) is 5.10 Å². The molecule has 6 nitrogen and oxygen atoms in total. The SMILES string of the molecule is Cc1c(NC(=O)N2CCCN3c4ccccc4CC3C2)cnn1-c1ccccc1. The number of urea groups is 1. The minimum absolute atomic E-state index is 0.0430. The second-order valence-electron chi connectivity index (χ2n) is 7.80. The number of rotatable bonds is 2. The predicted molar refractivity (Wildman–Crippen MR) is 115 cm³/mol. The van der Waals surface area contributed by atoms with E-state index in [0.717, 1.165) is 49.5 Å². The quantitative estimate of drug-likeness (QED) is 0.727. The highest BCUT2D eigenvalue weighted by atomic mass is 16.2. The molecule has 3 heterocycles. The Kier molecular flexibility index (Phi) is 4.46. The number of carbonyl (C=O) groups excluding carboxylic acids is 1. The van der Waals surface area contributed by atoms with Crippen molar-refractivity contribution in [3.05, 3.63) is 72.1 Å². The summed E-state index contributed by atoms with van der Waals surface area (Å²) in [6, 6.07) is 18.9. The molecule has 0 spiro atoms. The maximum atomic E-state index is 13.0. The van der Waals surface area contributed by atoms with Crippen molar-refractivity contribution in [2.45, 2.75) is 25.8 Å². The summed E-state index contributed by atoms with van der Waals surface area (Å²) in [5.74, 6) is 0. The van der Waals surface area contributed by atoms with Crippen molar-refractivity contribution in [2.24, 2.45) is 0 Å². The molecule has 1 unspecified atom stereocenters. The van der Waals surface area contributed by atoms with Crippen LogP contribution in [0.1, 0.15) is 17.7 Å². The highest BCUT2D eigenvalue weighted by Gasteiger charge is 2.33. The Morgan fingerprint density at radius 1 is 1.07 bits per heavy atom. The van der Waals surface area contributed by atoms with E-state index in [1.54, 1.807) is 6.20 Å². The van der Waals surface area contributed by atoms with Gasteiger partial charge in [0.15, 0.2) is 0 Å². The molecule has 0 radical (unpaired) electrons. The van der Waals surface area contributed by atoms with E-state index >= 15 is 0 Å². The molecule has 2 aromatic carbocycles. The lowest BCUT2D eigenvalue weighted by atomic mass is 10.1. The molecule has 6 heteroatoms. The van der Waals surface area contributed by atoms with Crippen LogP contribution in [-0.2, 0) is 6.42 Å². The van der Waals surface area contributed by atoms with E-state index in [9.17, 15) is 4.79 Å². The number of carbonyl (C=O) groups is 1. The molecule has 0 bridgehead atoms. The van der Waals surface area contributed by atoms with Crippen LogP contribution < -0.4 is 10.2 Å². The topological polar surface area (TPSA) is 53.4 Å². The van der Waals surface area contributed by atoms with E-state index in [1.165, 1.54) is 11.3 Å². The average Bonchev–Trinajstić information content (AvgIpc) is 3.20. The number of fused-ring (bicyclic) bond motifs is 3. The zero-order valence-electron chi connectivity index (χ0n) is 16.6. The van der Waals surface area contributed by atoms with Gasteiger partial charge in [0.2, 0.25) is 0 Å². The number of anilines is 2. The van der Waals surface area contributed by atoms with Crippen molar-refractivity contribution in [1.29, 1.82) is 0 Å². The summed E-state index contributed by atoms with van der Waals surface area (Å²) in [6.45, 7) is 4.49. The third-order valence-electron chi connectivity index (χ3n) is 5.99. The predicted octanol–water partition coefficient (Wildman–Crippen LogP) is 3.85. The molecule has 5 rings (SSSR count). The molecule has 1 atom stereocenters. The van der Waals surface area contributed by atoms with E-state index in [2.05, 4.69) is 39.6 Å². The van der Waals surface area contributed by atoms with Crippen LogP contribution in [0.3, 0.4) is 0 Å². The van der Waals surface area contributed by atoms with Crippen molar-refractivity contribution in [3.8, 4) is 5.69 Å². The van der Waals surface area contributed by atoms with Crippen LogP contribution in [0.5, 0.6) is 0 Å². The average molecular weight is 387 g/mol. The fourth-order valence-electron chi connectivity index (χ4n) is 4.51. The maximum Gasteiger partial charge on any atom is 0.322 e. The van der Waals surface area contributed by atoms with Gasteiger partial charge >= 0.3 is 6.03 Å². The van der Waals surface area contributed by atoms with Gasteiger partial charge in [-0.05, 0) is 43.5 Å². The number of aromatic nitrogens is 2. The summed E-state index contributed by atoms with van der Waals surface area (Å²) in [5.41, 5.74) is 5.39. The van der Waals surface area contributed by atoms with E-state index in [0.29, 0.717) is 6.04 Å². The molecule has 0 saturated carbocycles. The fourth-order valence-corrected chi connectivity index (χ4v) is 4.51. The summed E-state index contributed by atoms with van der Waals surface area (Å²) in [6.07, 6.45) is 3.71. The van der Waals surface area contributed by atoms with Gasteiger partial charge in [-0.15, -0.1) is 0 Å². The normalized spacial score (nSPS) is 18.2. The van der Waals surface area contributed by atoms with E-state index in [1.807, 2.05) is 46.8 Å². The second-order valence-corrected chi connectivity index (χ2v) is 7.80. The third-order valence-corrected chi connectivity index (χ3v) is 5.99. The molecule has 2 aliphatic heterocycles. The first-order valence-electron chi connectivity index (χ1n) is 10.2. The Bertz CT molecular complexity index is 1030. The summed E-state index contributed by atoms with van der Waals surface area (Å²) < 4.78 is 1.85. The Morgan fingerprint density at radius 3 is 2.72 bits per heavy atom. The van der Waals surface area contributed by atoms with Crippen LogP contribution in [0.25, 0.3) is 5.69 Å². The zero-order chi connectivity index (χ0) is 19.8. The molecular formula is C23H25N5O. The van der Waals surface area contributed by atoms with Crippen molar-refractivity contribution in [1.82, 2.24) is 14.7 Å². The minimum atomic E-state index is -0.0430. The molecule has 3 aromatic rings. The van der Waals surface area contributed by atoms with Crippen molar-refractivity contribution >= 4 is 17.4 Å². The van der Waals surface area contributed by atoms with Gasteiger partial charge in [0.1, 0.15) is 0 Å². The fraction of sp³-hybridized carbons (Fsp3) is 0.304.